The fourth-order valence-corrected chi connectivity index (χ4v) is 5.55. The quantitative estimate of drug-likeness (QED) is 0.567. The number of alkyl halides is 1. The van der Waals surface area contributed by atoms with Crippen molar-refractivity contribution in [3.05, 3.63) is 24.1 Å². The van der Waals surface area contributed by atoms with Crippen LogP contribution < -0.4 is 5.32 Å². The van der Waals surface area contributed by atoms with Gasteiger partial charge in [0.15, 0.2) is 5.58 Å². The summed E-state index contributed by atoms with van der Waals surface area (Å²) in [5.74, 6) is -0.543. The van der Waals surface area contributed by atoms with Crippen LogP contribution in [0.25, 0.3) is 11.1 Å². The average Bonchev–Trinajstić information content (AvgIpc) is 3.46. The Bertz CT molecular complexity index is 955. The highest BCUT2D eigenvalue weighted by Crippen LogP contribution is 2.36. The van der Waals surface area contributed by atoms with Crippen LogP contribution >= 0.6 is 11.6 Å². The van der Waals surface area contributed by atoms with Gasteiger partial charge in [-0.15, -0.1) is 0 Å². The second-order valence-electron chi connectivity index (χ2n) is 9.11. The average molecular weight is 448 g/mol. The SMILES string of the molecule is O=C1c2cc3occc3n2CC(Cl)(C(=O)NC2CCCCCCC2)N1CC1CCCO1. The predicted octanol–water partition coefficient (Wildman–Crippen LogP) is 4.03. The van der Waals surface area contributed by atoms with Gasteiger partial charge >= 0.3 is 0 Å². The van der Waals surface area contributed by atoms with Crippen molar-refractivity contribution in [1.29, 1.82) is 0 Å². The van der Waals surface area contributed by atoms with Gasteiger partial charge in [-0.3, -0.25) is 9.59 Å². The van der Waals surface area contributed by atoms with Crippen molar-refractivity contribution in [2.45, 2.75) is 81.5 Å². The van der Waals surface area contributed by atoms with Crippen molar-refractivity contribution in [3.63, 3.8) is 0 Å². The first-order chi connectivity index (χ1) is 15.1. The van der Waals surface area contributed by atoms with Crippen molar-refractivity contribution < 1.29 is 18.7 Å². The van der Waals surface area contributed by atoms with Gasteiger partial charge in [-0.05, 0) is 25.7 Å². The number of rotatable bonds is 4. The lowest BCUT2D eigenvalue weighted by Crippen LogP contribution is -2.64. The Balaban J connectivity index is 1.45. The number of carbonyl (C=O) groups is 2. The summed E-state index contributed by atoms with van der Waals surface area (Å²) >= 11 is 7.10. The van der Waals surface area contributed by atoms with Crippen LogP contribution in [0.15, 0.2) is 22.8 Å². The van der Waals surface area contributed by atoms with Crippen LogP contribution in [0, 0.1) is 0 Å². The highest BCUT2D eigenvalue weighted by molar-refractivity contribution is 6.36. The van der Waals surface area contributed by atoms with Crippen molar-refractivity contribution >= 4 is 34.5 Å². The number of halogens is 1. The minimum atomic E-state index is -1.50. The van der Waals surface area contributed by atoms with Crippen LogP contribution in [0.1, 0.15) is 68.3 Å². The van der Waals surface area contributed by atoms with Gasteiger partial charge in [0.25, 0.3) is 11.8 Å². The van der Waals surface area contributed by atoms with Crippen molar-refractivity contribution in [2.75, 3.05) is 13.2 Å². The van der Waals surface area contributed by atoms with Gasteiger partial charge in [-0.1, -0.05) is 43.7 Å². The molecule has 8 heteroatoms. The summed E-state index contributed by atoms with van der Waals surface area (Å²) in [6.45, 7) is 1.18. The third-order valence-corrected chi connectivity index (χ3v) is 7.48. The van der Waals surface area contributed by atoms with Crippen LogP contribution in [-0.2, 0) is 16.1 Å². The maximum absolute atomic E-state index is 13.6. The lowest BCUT2D eigenvalue weighted by molar-refractivity contribution is -0.130. The molecule has 3 aliphatic rings. The summed E-state index contributed by atoms with van der Waals surface area (Å²) in [7, 11) is 0. The van der Waals surface area contributed by atoms with Crippen LogP contribution in [0.2, 0.25) is 0 Å². The van der Waals surface area contributed by atoms with E-state index in [-0.39, 0.29) is 30.5 Å². The molecule has 7 nitrogen and oxygen atoms in total. The van der Waals surface area contributed by atoms with Crippen LogP contribution in [0.5, 0.6) is 0 Å². The number of nitrogens with one attached hydrogen (secondary N) is 1. The number of hydrogen-bond donors (Lipinski definition) is 1. The molecule has 2 aliphatic heterocycles. The number of amides is 2. The zero-order valence-corrected chi connectivity index (χ0v) is 18.5. The molecular weight excluding hydrogens is 418 g/mol. The van der Waals surface area contributed by atoms with Gasteiger partial charge in [0.2, 0.25) is 5.00 Å². The summed E-state index contributed by atoms with van der Waals surface area (Å²) in [5.41, 5.74) is 1.91. The van der Waals surface area contributed by atoms with E-state index in [1.165, 1.54) is 24.2 Å². The molecular formula is C23H30ClN3O4. The van der Waals surface area contributed by atoms with Gasteiger partial charge in [-0.2, -0.15) is 0 Å². The molecule has 0 spiro atoms. The second kappa shape index (κ2) is 8.51. The molecule has 0 radical (unpaired) electrons. The molecule has 168 valence electrons. The van der Waals surface area contributed by atoms with Gasteiger partial charge in [-0.25, -0.2) is 0 Å². The molecule has 1 aliphatic carbocycles. The second-order valence-corrected chi connectivity index (χ2v) is 9.74. The first-order valence-electron chi connectivity index (χ1n) is 11.6. The number of fused-ring (bicyclic) bond motifs is 3. The number of furan rings is 1. The molecule has 31 heavy (non-hydrogen) atoms. The van der Waals surface area contributed by atoms with E-state index >= 15 is 0 Å². The first kappa shape index (κ1) is 20.9. The van der Waals surface area contributed by atoms with Gasteiger partial charge in [0.05, 0.1) is 24.4 Å². The molecule has 0 bridgehead atoms. The number of ether oxygens (including phenoxy) is 1. The standard InChI is InChI=1S/C23H30ClN3O4/c24-23(22(29)25-16-7-4-2-1-3-5-8-16)15-26-18-10-12-31-20(18)13-19(26)21(28)27(23)14-17-9-6-11-30-17/h10,12-13,16-17H,1-9,11,14-15H2,(H,25,29). The van der Waals surface area contributed by atoms with E-state index in [9.17, 15) is 9.59 Å². The molecule has 5 rings (SSSR count). The first-order valence-corrected chi connectivity index (χ1v) is 11.9. The molecule has 2 aromatic rings. The molecule has 2 fully saturated rings. The zero-order chi connectivity index (χ0) is 21.4. The lowest BCUT2D eigenvalue weighted by Gasteiger charge is -2.43. The van der Waals surface area contributed by atoms with Crippen molar-refractivity contribution in [2.24, 2.45) is 0 Å². The van der Waals surface area contributed by atoms with E-state index in [1.54, 1.807) is 12.3 Å². The third kappa shape index (κ3) is 3.87. The third-order valence-electron chi connectivity index (χ3n) is 6.98. The predicted molar refractivity (Wildman–Crippen MR) is 117 cm³/mol. The molecule has 0 aromatic carbocycles. The Morgan fingerprint density at radius 1 is 1.16 bits per heavy atom. The summed E-state index contributed by atoms with van der Waals surface area (Å²) in [6.07, 6.45) is 11.1. The smallest absolute Gasteiger partial charge is 0.272 e. The molecule has 2 aromatic heterocycles. The fraction of sp³-hybridized carbons (Fsp3) is 0.652. The Labute approximate surface area is 187 Å². The van der Waals surface area contributed by atoms with E-state index in [0.717, 1.165) is 44.0 Å². The van der Waals surface area contributed by atoms with Crippen LogP contribution in [0.3, 0.4) is 0 Å². The van der Waals surface area contributed by atoms with E-state index in [1.807, 2.05) is 10.6 Å². The highest BCUT2D eigenvalue weighted by atomic mass is 35.5. The summed E-state index contributed by atoms with van der Waals surface area (Å²) < 4.78 is 13.1. The Kier molecular flexibility index (Phi) is 5.73. The van der Waals surface area contributed by atoms with Gasteiger partial charge in [0, 0.05) is 31.3 Å². The maximum Gasteiger partial charge on any atom is 0.272 e. The lowest BCUT2D eigenvalue weighted by atomic mass is 9.96. The van der Waals surface area contributed by atoms with Gasteiger partial charge < -0.3 is 23.9 Å². The van der Waals surface area contributed by atoms with E-state index < -0.39 is 5.00 Å². The zero-order valence-electron chi connectivity index (χ0n) is 17.8. The Hall–Kier alpha value is -1.99. The summed E-state index contributed by atoms with van der Waals surface area (Å²) in [5, 5.41) is 3.19. The molecule has 1 saturated heterocycles. The number of carbonyl (C=O) groups excluding carboxylic acids is 2. The van der Waals surface area contributed by atoms with Crippen LogP contribution in [-0.4, -0.2) is 51.6 Å². The molecule has 4 heterocycles. The number of hydrogen-bond acceptors (Lipinski definition) is 4. The minimum absolute atomic E-state index is 0.0965. The van der Waals surface area contributed by atoms with E-state index in [0.29, 0.717) is 24.4 Å². The summed E-state index contributed by atoms with van der Waals surface area (Å²) in [6, 6.07) is 3.65. The largest absolute Gasteiger partial charge is 0.463 e. The Morgan fingerprint density at radius 2 is 1.94 bits per heavy atom. The number of aromatic nitrogens is 1. The maximum atomic E-state index is 13.6. The minimum Gasteiger partial charge on any atom is -0.463 e. The molecule has 1 saturated carbocycles. The monoisotopic (exact) mass is 447 g/mol. The van der Waals surface area contributed by atoms with Crippen molar-refractivity contribution in [1.82, 2.24) is 14.8 Å². The Morgan fingerprint density at radius 3 is 2.68 bits per heavy atom. The van der Waals surface area contributed by atoms with Crippen LogP contribution in [0.4, 0.5) is 0 Å². The molecule has 1 N–H and O–H groups in total. The normalized spacial score (nSPS) is 27.8. The number of nitrogens with zero attached hydrogens (tertiary/aromatic N) is 2. The van der Waals surface area contributed by atoms with E-state index in [2.05, 4.69) is 5.32 Å². The fourth-order valence-electron chi connectivity index (χ4n) is 5.23. The molecule has 2 atom stereocenters. The molecule has 2 unspecified atom stereocenters. The molecule has 2 amide bonds. The van der Waals surface area contributed by atoms with E-state index in [4.69, 9.17) is 20.8 Å². The summed E-state index contributed by atoms with van der Waals surface area (Å²) in [4.78, 5) is 27.2. The highest BCUT2D eigenvalue weighted by Gasteiger charge is 2.51. The van der Waals surface area contributed by atoms with Gasteiger partial charge in [0.1, 0.15) is 5.69 Å². The topological polar surface area (TPSA) is 76.7 Å². The van der Waals surface area contributed by atoms with Crippen molar-refractivity contribution in [3.8, 4) is 0 Å².